The summed E-state index contributed by atoms with van der Waals surface area (Å²) in [5.41, 5.74) is 7.77. The summed E-state index contributed by atoms with van der Waals surface area (Å²) in [6.45, 7) is 19.3. The minimum absolute atomic E-state index is 0.0448. The van der Waals surface area contributed by atoms with Gasteiger partial charge in [0.15, 0.2) is 0 Å². The van der Waals surface area contributed by atoms with Crippen LogP contribution in [0, 0.1) is 11.8 Å². The van der Waals surface area contributed by atoms with Crippen molar-refractivity contribution in [2.24, 2.45) is 11.8 Å². The average molecular weight is 449 g/mol. The molecule has 4 atom stereocenters. The molecule has 1 aromatic carbocycles. The Labute approximate surface area is 201 Å². The van der Waals surface area contributed by atoms with Crippen LogP contribution in [0.25, 0.3) is 0 Å². The van der Waals surface area contributed by atoms with Crippen LogP contribution in [0.2, 0.25) is 0 Å². The molecule has 0 fully saturated rings. The molecule has 0 saturated heterocycles. The number of rotatable bonds is 8. The summed E-state index contributed by atoms with van der Waals surface area (Å²) < 4.78 is 0. The van der Waals surface area contributed by atoms with Crippen LogP contribution >= 0.6 is 0 Å². The zero-order valence-electron chi connectivity index (χ0n) is 21.5. The van der Waals surface area contributed by atoms with Gasteiger partial charge in [0.05, 0.1) is 0 Å². The molecule has 0 bridgehead atoms. The number of allylic oxidation sites excluding steroid dienone is 6. The van der Waals surface area contributed by atoms with Crippen molar-refractivity contribution in [2.45, 2.75) is 97.8 Å². The van der Waals surface area contributed by atoms with Crippen LogP contribution in [0.1, 0.15) is 108 Å². The smallest absolute Gasteiger partial charge is 0.127 e. The van der Waals surface area contributed by atoms with Crippen LogP contribution in [-0.2, 0) is 6.42 Å². The van der Waals surface area contributed by atoms with Gasteiger partial charge >= 0.3 is 0 Å². The maximum atomic E-state index is 11.9. The molecule has 180 valence electrons. The minimum atomic E-state index is -0.0448. The molecule has 0 aromatic heterocycles. The van der Waals surface area contributed by atoms with E-state index >= 15 is 0 Å². The summed E-state index contributed by atoms with van der Waals surface area (Å²) in [6.07, 6.45) is 13.0. The van der Waals surface area contributed by atoms with Gasteiger partial charge in [0.1, 0.15) is 11.5 Å². The highest BCUT2D eigenvalue weighted by Crippen LogP contribution is 2.52. The SMILES string of the molecule is C=C(C)[C@H]1CCC(C)=CC1c1c(CCCCC)cc(O)c(C2C=C(C)CC[C@H]2C(=C)C)c1O. The van der Waals surface area contributed by atoms with Gasteiger partial charge in [-0.05, 0) is 89.7 Å². The van der Waals surface area contributed by atoms with Gasteiger partial charge < -0.3 is 10.2 Å². The van der Waals surface area contributed by atoms with Crippen molar-refractivity contribution < 1.29 is 10.2 Å². The van der Waals surface area contributed by atoms with E-state index in [1.54, 1.807) is 0 Å². The van der Waals surface area contributed by atoms with Crippen LogP contribution in [0.3, 0.4) is 0 Å². The van der Waals surface area contributed by atoms with Gasteiger partial charge in [-0.3, -0.25) is 0 Å². The molecule has 3 rings (SSSR count). The van der Waals surface area contributed by atoms with Crippen LogP contribution in [0.15, 0.2) is 53.7 Å². The Balaban J connectivity index is 2.23. The number of aromatic hydroxyl groups is 2. The van der Waals surface area contributed by atoms with Crippen LogP contribution in [-0.4, -0.2) is 10.2 Å². The summed E-state index contributed by atoms with van der Waals surface area (Å²) >= 11 is 0. The molecule has 2 unspecified atom stereocenters. The molecule has 0 heterocycles. The maximum Gasteiger partial charge on any atom is 0.127 e. The molecule has 0 spiro atoms. The van der Waals surface area contributed by atoms with Crippen molar-refractivity contribution in [3.8, 4) is 11.5 Å². The molecule has 0 amide bonds. The normalized spacial score (nSPS) is 25.4. The van der Waals surface area contributed by atoms with Crippen molar-refractivity contribution >= 4 is 0 Å². The molecule has 1 aromatic rings. The molecule has 2 N–H and O–H groups in total. The Kier molecular flexibility index (Phi) is 8.32. The third-order valence-corrected chi connectivity index (χ3v) is 7.92. The zero-order chi connectivity index (χ0) is 24.3. The Morgan fingerprint density at radius 3 is 1.88 bits per heavy atom. The number of hydrogen-bond donors (Lipinski definition) is 2. The lowest BCUT2D eigenvalue weighted by Crippen LogP contribution is -2.21. The predicted octanol–water partition coefficient (Wildman–Crippen LogP) is 8.86. The molecule has 0 saturated carbocycles. The van der Waals surface area contributed by atoms with Gasteiger partial charge in [-0.2, -0.15) is 0 Å². The fraction of sp³-hybridized carbons (Fsp3) is 0.548. The standard InChI is InChI=1S/C31H44O2/c1-8-9-10-11-23-18-28(32)30(27-17-22(7)13-15-25(27)20(4)5)31(33)29(23)26-16-21(6)12-14-24(26)19(2)3/h16-18,24-27,32-33H,2,4,8-15H2,1,3,5-7H3/t24-,25+,26?,27?/m1/s1. The monoisotopic (exact) mass is 448 g/mol. The second-order valence-corrected chi connectivity index (χ2v) is 10.7. The summed E-state index contributed by atoms with van der Waals surface area (Å²) in [4.78, 5) is 0. The summed E-state index contributed by atoms with van der Waals surface area (Å²) in [6, 6.07) is 1.96. The molecular weight excluding hydrogens is 404 g/mol. The lowest BCUT2D eigenvalue weighted by molar-refractivity contribution is 0.393. The lowest BCUT2D eigenvalue weighted by atomic mass is 9.69. The van der Waals surface area contributed by atoms with Crippen LogP contribution in [0.4, 0.5) is 0 Å². The first-order valence-electron chi connectivity index (χ1n) is 12.9. The first-order chi connectivity index (χ1) is 15.6. The molecule has 2 aliphatic carbocycles. The fourth-order valence-corrected chi connectivity index (χ4v) is 6.02. The van der Waals surface area contributed by atoms with Crippen LogP contribution < -0.4 is 0 Å². The first kappa shape index (κ1) is 25.4. The van der Waals surface area contributed by atoms with Crippen molar-refractivity contribution in [2.75, 3.05) is 0 Å². The first-order valence-corrected chi connectivity index (χ1v) is 12.9. The minimum Gasteiger partial charge on any atom is -0.507 e. The largest absolute Gasteiger partial charge is 0.507 e. The van der Waals surface area contributed by atoms with E-state index in [4.69, 9.17) is 0 Å². The quantitative estimate of drug-likeness (QED) is 0.308. The zero-order valence-corrected chi connectivity index (χ0v) is 21.5. The highest BCUT2D eigenvalue weighted by Gasteiger charge is 2.35. The molecule has 2 nitrogen and oxygen atoms in total. The third-order valence-electron chi connectivity index (χ3n) is 7.92. The Bertz CT molecular complexity index is 962. The molecule has 0 aliphatic heterocycles. The number of unbranched alkanes of at least 4 members (excludes halogenated alkanes) is 2. The molecule has 2 aliphatic rings. The molecule has 2 heteroatoms. The number of hydrogen-bond acceptors (Lipinski definition) is 2. The summed E-state index contributed by atoms with van der Waals surface area (Å²) in [7, 11) is 0. The Morgan fingerprint density at radius 2 is 1.39 bits per heavy atom. The van der Waals surface area contributed by atoms with E-state index in [9.17, 15) is 10.2 Å². The van der Waals surface area contributed by atoms with Gasteiger partial charge in [-0.1, -0.05) is 67.4 Å². The maximum absolute atomic E-state index is 11.9. The van der Waals surface area contributed by atoms with Gasteiger partial charge in [0.25, 0.3) is 0 Å². The van der Waals surface area contributed by atoms with Gasteiger partial charge in [0.2, 0.25) is 0 Å². The van der Waals surface area contributed by atoms with E-state index in [0.717, 1.165) is 68.1 Å². The predicted molar refractivity (Wildman–Crippen MR) is 141 cm³/mol. The average Bonchev–Trinajstić information content (AvgIpc) is 2.73. The number of phenols is 2. The van der Waals surface area contributed by atoms with Gasteiger partial charge in [-0.15, -0.1) is 0 Å². The lowest BCUT2D eigenvalue weighted by Gasteiger charge is -2.35. The highest BCUT2D eigenvalue weighted by molar-refractivity contribution is 5.59. The van der Waals surface area contributed by atoms with Crippen molar-refractivity contribution in [3.63, 3.8) is 0 Å². The van der Waals surface area contributed by atoms with E-state index < -0.39 is 0 Å². The van der Waals surface area contributed by atoms with Crippen molar-refractivity contribution in [3.05, 3.63) is 70.4 Å². The van der Waals surface area contributed by atoms with E-state index in [1.807, 2.05) is 6.07 Å². The fourth-order valence-electron chi connectivity index (χ4n) is 6.02. The van der Waals surface area contributed by atoms with E-state index in [-0.39, 0.29) is 23.5 Å². The number of benzene rings is 1. The van der Waals surface area contributed by atoms with E-state index in [2.05, 4.69) is 59.9 Å². The highest BCUT2D eigenvalue weighted by atomic mass is 16.3. The van der Waals surface area contributed by atoms with Crippen molar-refractivity contribution in [1.29, 1.82) is 0 Å². The van der Waals surface area contributed by atoms with E-state index in [0.29, 0.717) is 17.2 Å². The van der Waals surface area contributed by atoms with Crippen molar-refractivity contribution in [1.82, 2.24) is 0 Å². The molecule has 33 heavy (non-hydrogen) atoms. The number of aryl methyl sites for hydroxylation is 1. The Hall–Kier alpha value is -2.22. The number of phenolic OH excluding ortho intramolecular Hbond substituents is 2. The Morgan fingerprint density at radius 1 is 0.879 bits per heavy atom. The van der Waals surface area contributed by atoms with Gasteiger partial charge in [0, 0.05) is 23.0 Å². The topological polar surface area (TPSA) is 40.5 Å². The molecular formula is C31H44O2. The van der Waals surface area contributed by atoms with E-state index in [1.165, 1.54) is 16.7 Å². The van der Waals surface area contributed by atoms with Crippen LogP contribution in [0.5, 0.6) is 11.5 Å². The van der Waals surface area contributed by atoms with Gasteiger partial charge in [-0.25, -0.2) is 0 Å². The second-order valence-electron chi connectivity index (χ2n) is 10.7. The molecule has 0 radical (unpaired) electrons. The second kappa shape index (κ2) is 10.8. The third kappa shape index (κ3) is 5.48. The summed E-state index contributed by atoms with van der Waals surface area (Å²) in [5, 5.41) is 23.2. The summed E-state index contributed by atoms with van der Waals surface area (Å²) in [5.74, 6) is 1.12.